The maximum Gasteiger partial charge on any atom is 0.0161 e. The third-order valence-corrected chi connectivity index (χ3v) is 4.24. The van der Waals surface area contributed by atoms with Crippen molar-refractivity contribution in [1.82, 2.24) is 5.32 Å². The zero-order chi connectivity index (χ0) is 13.2. The first-order chi connectivity index (χ1) is 8.53. The van der Waals surface area contributed by atoms with E-state index in [1.807, 2.05) is 0 Å². The predicted octanol–water partition coefficient (Wildman–Crippen LogP) is 4.01. The average Bonchev–Trinajstić information content (AvgIpc) is 3.02. The zero-order valence-corrected chi connectivity index (χ0v) is 12.3. The molecule has 1 N–H and O–H groups in total. The summed E-state index contributed by atoms with van der Waals surface area (Å²) >= 11 is 0. The van der Waals surface area contributed by atoms with Crippen LogP contribution in [0.1, 0.15) is 49.8 Å². The predicted molar refractivity (Wildman–Crippen MR) is 79.0 cm³/mol. The van der Waals surface area contributed by atoms with Crippen molar-refractivity contribution in [2.75, 3.05) is 6.54 Å². The van der Waals surface area contributed by atoms with Crippen molar-refractivity contribution in [3.05, 3.63) is 34.9 Å². The van der Waals surface area contributed by atoms with Crippen LogP contribution in [-0.2, 0) is 6.42 Å². The third kappa shape index (κ3) is 3.35. The maximum absolute atomic E-state index is 3.76. The van der Waals surface area contributed by atoms with Crippen LogP contribution in [0.2, 0.25) is 0 Å². The maximum atomic E-state index is 3.76. The molecule has 0 radical (unpaired) electrons. The van der Waals surface area contributed by atoms with E-state index >= 15 is 0 Å². The molecule has 0 aromatic heterocycles. The fraction of sp³-hybridized carbons (Fsp3) is 0.647. The summed E-state index contributed by atoms with van der Waals surface area (Å²) in [5.41, 5.74) is 4.82. The Morgan fingerprint density at radius 2 is 1.78 bits per heavy atom. The highest BCUT2D eigenvalue weighted by Crippen LogP contribution is 2.49. The number of benzene rings is 1. The Bertz CT molecular complexity index is 384. The van der Waals surface area contributed by atoms with Gasteiger partial charge in [0.1, 0.15) is 0 Å². The topological polar surface area (TPSA) is 12.0 Å². The molecule has 1 nitrogen and oxygen atoms in total. The summed E-state index contributed by atoms with van der Waals surface area (Å²) < 4.78 is 0. The molecule has 2 rings (SSSR count). The van der Waals surface area contributed by atoms with Gasteiger partial charge in [0.25, 0.3) is 0 Å². The molecule has 1 unspecified atom stereocenters. The summed E-state index contributed by atoms with van der Waals surface area (Å²) in [5, 5.41) is 3.76. The van der Waals surface area contributed by atoms with Crippen LogP contribution >= 0.6 is 0 Å². The van der Waals surface area contributed by atoms with Gasteiger partial charge in [-0.05, 0) is 57.1 Å². The summed E-state index contributed by atoms with van der Waals surface area (Å²) in [4.78, 5) is 0. The highest BCUT2D eigenvalue weighted by Gasteiger charge is 2.44. The van der Waals surface area contributed by atoms with Crippen LogP contribution in [0.5, 0.6) is 0 Å². The molecule has 1 aromatic rings. The molecule has 0 bridgehead atoms. The fourth-order valence-electron chi connectivity index (χ4n) is 2.85. The number of rotatable bonds is 6. The van der Waals surface area contributed by atoms with Crippen molar-refractivity contribution < 1.29 is 0 Å². The van der Waals surface area contributed by atoms with Gasteiger partial charge in [-0.15, -0.1) is 0 Å². The van der Waals surface area contributed by atoms with E-state index in [0.717, 1.165) is 6.54 Å². The molecular formula is C17H27N. The summed E-state index contributed by atoms with van der Waals surface area (Å²) in [5.74, 6) is 0. The molecule has 0 spiro atoms. The van der Waals surface area contributed by atoms with Crippen LogP contribution in [0.3, 0.4) is 0 Å². The standard InChI is InChI=1S/C17H27N/c1-5-8-18-16(17(4)6-7-17)12-15-10-13(2)9-14(3)11-15/h9-11,16,18H,5-8,12H2,1-4H3. The second-order valence-corrected chi connectivity index (χ2v) is 6.36. The minimum absolute atomic E-state index is 0.548. The van der Waals surface area contributed by atoms with Crippen molar-refractivity contribution in [3.8, 4) is 0 Å². The molecule has 18 heavy (non-hydrogen) atoms. The van der Waals surface area contributed by atoms with Crippen molar-refractivity contribution in [3.63, 3.8) is 0 Å². The fourth-order valence-corrected chi connectivity index (χ4v) is 2.85. The molecule has 0 heterocycles. The van der Waals surface area contributed by atoms with E-state index in [0.29, 0.717) is 11.5 Å². The van der Waals surface area contributed by atoms with E-state index in [1.54, 1.807) is 0 Å². The Balaban J connectivity index is 2.07. The second kappa shape index (κ2) is 5.44. The SMILES string of the molecule is CCCNC(Cc1cc(C)cc(C)c1)C1(C)CC1. The lowest BCUT2D eigenvalue weighted by atomic mass is 9.91. The first kappa shape index (κ1) is 13.6. The Morgan fingerprint density at radius 1 is 1.17 bits per heavy atom. The van der Waals surface area contributed by atoms with Crippen LogP contribution in [0, 0.1) is 19.3 Å². The monoisotopic (exact) mass is 245 g/mol. The molecule has 0 aliphatic heterocycles. The molecule has 1 heteroatoms. The lowest BCUT2D eigenvalue weighted by Gasteiger charge is -2.25. The smallest absolute Gasteiger partial charge is 0.0161 e. The van der Waals surface area contributed by atoms with Crippen LogP contribution in [-0.4, -0.2) is 12.6 Å². The van der Waals surface area contributed by atoms with Gasteiger partial charge in [-0.3, -0.25) is 0 Å². The Kier molecular flexibility index (Phi) is 4.11. The van der Waals surface area contributed by atoms with Gasteiger partial charge in [-0.2, -0.15) is 0 Å². The first-order valence-electron chi connectivity index (χ1n) is 7.34. The third-order valence-electron chi connectivity index (χ3n) is 4.24. The van der Waals surface area contributed by atoms with Crippen molar-refractivity contribution in [2.24, 2.45) is 5.41 Å². The van der Waals surface area contributed by atoms with Crippen molar-refractivity contribution >= 4 is 0 Å². The summed E-state index contributed by atoms with van der Waals surface area (Å²) in [6.45, 7) is 10.2. The van der Waals surface area contributed by atoms with Gasteiger partial charge in [-0.25, -0.2) is 0 Å². The lowest BCUT2D eigenvalue weighted by Crippen LogP contribution is -2.38. The van der Waals surface area contributed by atoms with E-state index in [1.165, 1.54) is 42.4 Å². The Morgan fingerprint density at radius 3 is 2.28 bits per heavy atom. The Hall–Kier alpha value is -0.820. The van der Waals surface area contributed by atoms with E-state index in [4.69, 9.17) is 0 Å². The molecule has 1 saturated carbocycles. The molecule has 1 aliphatic carbocycles. The van der Waals surface area contributed by atoms with Gasteiger partial charge in [0.05, 0.1) is 0 Å². The van der Waals surface area contributed by atoms with Crippen LogP contribution < -0.4 is 5.32 Å². The second-order valence-electron chi connectivity index (χ2n) is 6.36. The average molecular weight is 245 g/mol. The largest absolute Gasteiger partial charge is 0.313 e. The van der Waals surface area contributed by atoms with Crippen LogP contribution in [0.4, 0.5) is 0 Å². The molecule has 1 fully saturated rings. The van der Waals surface area contributed by atoms with Gasteiger partial charge in [0.2, 0.25) is 0 Å². The quantitative estimate of drug-likeness (QED) is 0.798. The van der Waals surface area contributed by atoms with Crippen LogP contribution in [0.15, 0.2) is 18.2 Å². The van der Waals surface area contributed by atoms with E-state index in [9.17, 15) is 0 Å². The number of hydrogen-bond acceptors (Lipinski definition) is 1. The van der Waals surface area contributed by atoms with Gasteiger partial charge in [0.15, 0.2) is 0 Å². The number of nitrogens with one attached hydrogen (secondary N) is 1. The van der Waals surface area contributed by atoms with Gasteiger partial charge < -0.3 is 5.32 Å². The minimum atomic E-state index is 0.548. The molecule has 0 saturated heterocycles. The molecule has 1 aromatic carbocycles. The minimum Gasteiger partial charge on any atom is -0.313 e. The van der Waals surface area contributed by atoms with E-state index in [2.05, 4.69) is 51.2 Å². The van der Waals surface area contributed by atoms with E-state index < -0.39 is 0 Å². The van der Waals surface area contributed by atoms with Crippen LogP contribution in [0.25, 0.3) is 0 Å². The molecule has 1 aliphatic rings. The Labute approximate surface area is 112 Å². The zero-order valence-electron chi connectivity index (χ0n) is 12.3. The normalized spacial score (nSPS) is 18.7. The van der Waals surface area contributed by atoms with Gasteiger partial charge in [0, 0.05) is 6.04 Å². The lowest BCUT2D eigenvalue weighted by molar-refractivity contribution is 0.354. The molecule has 0 amide bonds. The highest BCUT2D eigenvalue weighted by molar-refractivity contribution is 5.29. The highest BCUT2D eigenvalue weighted by atomic mass is 14.9. The first-order valence-corrected chi connectivity index (χ1v) is 7.34. The summed E-state index contributed by atoms with van der Waals surface area (Å²) in [6, 6.07) is 7.61. The summed E-state index contributed by atoms with van der Waals surface area (Å²) in [7, 11) is 0. The number of aryl methyl sites for hydroxylation is 2. The van der Waals surface area contributed by atoms with Gasteiger partial charge >= 0.3 is 0 Å². The molecular weight excluding hydrogens is 218 g/mol. The summed E-state index contributed by atoms with van der Waals surface area (Å²) in [6.07, 6.45) is 5.18. The van der Waals surface area contributed by atoms with Crippen molar-refractivity contribution in [2.45, 2.75) is 59.4 Å². The molecule has 100 valence electrons. The van der Waals surface area contributed by atoms with Crippen molar-refractivity contribution in [1.29, 1.82) is 0 Å². The van der Waals surface area contributed by atoms with E-state index in [-0.39, 0.29) is 0 Å². The number of hydrogen-bond donors (Lipinski definition) is 1. The van der Waals surface area contributed by atoms with Gasteiger partial charge in [-0.1, -0.05) is 43.2 Å². The molecule has 1 atom stereocenters.